The molecule has 0 aromatic heterocycles. The Hall–Kier alpha value is -0.380. The second kappa shape index (κ2) is 6.17. The van der Waals surface area contributed by atoms with Gasteiger partial charge in [-0.2, -0.15) is 0 Å². The predicted octanol–water partition coefficient (Wildman–Crippen LogP) is 0.873. The summed E-state index contributed by atoms with van der Waals surface area (Å²) < 4.78 is 5.07. The number of nitrogens with one attached hydrogen (secondary N) is 1. The van der Waals surface area contributed by atoms with Crippen LogP contribution in [0.3, 0.4) is 0 Å². The van der Waals surface area contributed by atoms with Crippen molar-refractivity contribution in [2.75, 3.05) is 39.9 Å². The number of hydrogen-bond acceptors (Lipinski definition) is 3. The normalized spacial score (nSPS) is 25.4. The summed E-state index contributed by atoms with van der Waals surface area (Å²) >= 11 is 0. The van der Waals surface area contributed by atoms with E-state index in [9.17, 15) is 0 Å². The van der Waals surface area contributed by atoms with E-state index in [0.717, 1.165) is 32.8 Å². The predicted molar refractivity (Wildman–Crippen MR) is 59.5 cm³/mol. The largest absolute Gasteiger partial charge is 0.380 e. The molecule has 0 spiro atoms. The Bertz CT molecular complexity index is 192. The maximum absolute atomic E-state index is 5.07. The van der Waals surface area contributed by atoms with Gasteiger partial charge in [-0.1, -0.05) is 11.6 Å². The molecule has 3 heteroatoms. The van der Waals surface area contributed by atoms with Gasteiger partial charge in [-0.3, -0.25) is 4.90 Å². The number of hydrogen-bond donors (Lipinski definition) is 1. The number of piperazine rings is 1. The molecule has 82 valence electrons. The molecule has 1 unspecified atom stereocenters. The summed E-state index contributed by atoms with van der Waals surface area (Å²) in [5, 5.41) is 3.39. The molecule has 0 aromatic carbocycles. The van der Waals surface area contributed by atoms with Crippen LogP contribution in [0, 0.1) is 0 Å². The third-order valence-electron chi connectivity index (χ3n) is 2.69. The van der Waals surface area contributed by atoms with Gasteiger partial charge in [-0.15, -0.1) is 0 Å². The van der Waals surface area contributed by atoms with Gasteiger partial charge in [0.1, 0.15) is 0 Å². The fraction of sp³-hybridized carbons (Fsp3) is 0.818. The van der Waals surface area contributed by atoms with Crippen molar-refractivity contribution in [1.29, 1.82) is 0 Å². The van der Waals surface area contributed by atoms with E-state index in [0.29, 0.717) is 6.04 Å². The fourth-order valence-electron chi connectivity index (χ4n) is 1.71. The minimum atomic E-state index is 0.648. The molecule has 14 heavy (non-hydrogen) atoms. The van der Waals surface area contributed by atoms with Crippen molar-refractivity contribution in [1.82, 2.24) is 10.2 Å². The topological polar surface area (TPSA) is 24.5 Å². The number of nitrogens with zero attached hydrogens (tertiary/aromatic N) is 1. The highest BCUT2D eigenvalue weighted by Gasteiger charge is 2.15. The lowest BCUT2D eigenvalue weighted by Gasteiger charge is -2.33. The maximum Gasteiger partial charge on any atom is 0.0670 e. The van der Waals surface area contributed by atoms with Crippen molar-refractivity contribution < 1.29 is 4.74 Å². The first-order valence-corrected chi connectivity index (χ1v) is 5.33. The lowest BCUT2D eigenvalue weighted by atomic mass is 10.2. The summed E-state index contributed by atoms with van der Waals surface area (Å²) in [5.74, 6) is 0. The van der Waals surface area contributed by atoms with Crippen LogP contribution < -0.4 is 5.32 Å². The van der Waals surface area contributed by atoms with Crippen molar-refractivity contribution in [3.05, 3.63) is 11.6 Å². The molecule has 1 rings (SSSR count). The van der Waals surface area contributed by atoms with E-state index in [1.54, 1.807) is 7.11 Å². The number of methoxy groups -OCH3 is 1. The minimum absolute atomic E-state index is 0.648. The van der Waals surface area contributed by atoms with Crippen LogP contribution in [0.2, 0.25) is 0 Å². The lowest BCUT2D eigenvalue weighted by Crippen LogP contribution is -2.49. The minimum Gasteiger partial charge on any atom is -0.380 e. The van der Waals surface area contributed by atoms with Crippen LogP contribution in [-0.4, -0.2) is 50.8 Å². The first kappa shape index (κ1) is 11.7. The molecule has 0 amide bonds. The van der Waals surface area contributed by atoms with E-state index >= 15 is 0 Å². The summed E-state index contributed by atoms with van der Waals surface area (Å²) in [7, 11) is 1.74. The van der Waals surface area contributed by atoms with Crippen LogP contribution in [0.25, 0.3) is 0 Å². The molecule has 1 fully saturated rings. The van der Waals surface area contributed by atoms with E-state index in [4.69, 9.17) is 4.74 Å². The summed E-state index contributed by atoms with van der Waals surface area (Å²) in [5.41, 5.74) is 1.32. The van der Waals surface area contributed by atoms with Gasteiger partial charge in [-0.05, 0) is 13.8 Å². The van der Waals surface area contributed by atoms with E-state index in [1.807, 2.05) is 0 Å². The molecule has 0 bridgehead atoms. The van der Waals surface area contributed by atoms with Crippen LogP contribution >= 0.6 is 0 Å². The van der Waals surface area contributed by atoms with Gasteiger partial charge in [0.25, 0.3) is 0 Å². The second-order valence-electron chi connectivity index (χ2n) is 4.03. The van der Waals surface area contributed by atoms with Crippen molar-refractivity contribution in [3.63, 3.8) is 0 Å². The van der Waals surface area contributed by atoms with Gasteiger partial charge in [0.2, 0.25) is 0 Å². The molecule has 0 radical (unpaired) electrons. The molecule has 1 saturated heterocycles. The number of ether oxygens (including phenoxy) is 1. The fourth-order valence-corrected chi connectivity index (χ4v) is 1.71. The molecule has 0 saturated carbocycles. The van der Waals surface area contributed by atoms with Crippen LogP contribution in [0.5, 0.6) is 0 Å². The summed E-state index contributed by atoms with van der Waals surface area (Å²) in [6.45, 7) is 9.57. The SMILES string of the molecule is COC/C(C)=C/CN1CCNCC1C. The third kappa shape index (κ3) is 3.78. The van der Waals surface area contributed by atoms with Crippen LogP contribution in [0.1, 0.15) is 13.8 Å². The lowest BCUT2D eigenvalue weighted by molar-refractivity contribution is 0.190. The Kier molecular flexibility index (Phi) is 5.15. The summed E-state index contributed by atoms with van der Waals surface area (Å²) in [6.07, 6.45) is 2.27. The monoisotopic (exact) mass is 198 g/mol. The van der Waals surface area contributed by atoms with E-state index in [2.05, 4.69) is 30.1 Å². The molecule has 1 heterocycles. The molecule has 3 nitrogen and oxygen atoms in total. The molecule has 1 N–H and O–H groups in total. The average Bonchev–Trinajstić information content (AvgIpc) is 2.17. The molecule has 1 aliphatic rings. The Morgan fingerprint density at radius 1 is 1.64 bits per heavy atom. The van der Waals surface area contributed by atoms with E-state index in [1.165, 1.54) is 5.57 Å². The standard InChI is InChI=1S/C11H22N2O/c1-10(9-14-3)4-6-13-7-5-12-8-11(13)2/h4,11-12H,5-9H2,1-3H3/b10-4+. The van der Waals surface area contributed by atoms with Gasteiger partial charge in [0.05, 0.1) is 6.61 Å². The smallest absolute Gasteiger partial charge is 0.0670 e. The highest BCUT2D eigenvalue weighted by Crippen LogP contribution is 2.03. The number of rotatable bonds is 4. The van der Waals surface area contributed by atoms with Crippen molar-refractivity contribution in [2.45, 2.75) is 19.9 Å². The van der Waals surface area contributed by atoms with E-state index in [-0.39, 0.29) is 0 Å². The second-order valence-corrected chi connectivity index (χ2v) is 4.03. The van der Waals surface area contributed by atoms with Crippen molar-refractivity contribution in [3.8, 4) is 0 Å². The van der Waals surface area contributed by atoms with Crippen LogP contribution in [0.15, 0.2) is 11.6 Å². The highest BCUT2D eigenvalue weighted by molar-refractivity contribution is 5.00. The first-order valence-electron chi connectivity index (χ1n) is 5.33. The maximum atomic E-state index is 5.07. The Labute approximate surface area is 87.1 Å². The van der Waals surface area contributed by atoms with Crippen molar-refractivity contribution in [2.24, 2.45) is 0 Å². The Balaban J connectivity index is 2.31. The summed E-state index contributed by atoms with van der Waals surface area (Å²) in [6, 6.07) is 0.648. The van der Waals surface area contributed by atoms with Gasteiger partial charge in [0, 0.05) is 39.3 Å². The zero-order valence-electron chi connectivity index (χ0n) is 9.55. The first-order chi connectivity index (χ1) is 6.74. The zero-order valence-corrected chi connectivity index (χ0v) is 9.55. The average molecular weight is 198 g/mol. The highest BCUT2D eigenvalue weighted by atomic mass is 16.5. The van der Waals surface area contributed by atoms with Gasteiger partial charge in [0.15, 0.2) is 0 Å². The molecule has 1 atom stereocenters. The molecular formula is C11H22N2O. The molecule has 0 aliphatic carbocycles. The Morgan fingerprint density at radius 3 is 3.07 bits per heavy atom. The van der Waals surface area contributed by atoms with Crippen LogP contribution in [-0.2, 0) is 4.74 Å². The van der Waals surface area contributed by atoms with Gasteiger partial charge < -0.3 is 10.1 Å². The van der Waals surface area contributed by atoms with E-state index < -0.39 is 0 Å². The Morgan fingerprint density at radius 2 is 2.43 bits per heavy atom. The van der Waals surface area contributed by atoms with Crippen LogP contribution in [0.4, 0.5) is 0 Å². The molecular weight excluding hydrogens is 176 g/mol. The zero-order chi connectivity index (χ0) is 10.4. The molecule has 1 aliphatic heterocycles. The van der Waals surface area contributed by atoms with Gasteiger partial charge >= 0.3 is 0 Å². The molecule has 0 aromatic rings. The quantitative estimate of drug-likeness (QED) is 0.678. The third-order valence-corrected chi connectivity index (χ3v) is 2.69. The van der Waals surface area contributed by atoms with Gasteiger partial charge in [-0.25, -0.2) is 0 Å². The van der Waals surface area contributed by atoms with Crippen molar-refractivity contribution >= 4 is 0 Å². The summed E-state index contributed by atoms with van der Waals surface area (Å²) in [4.78, 5) is 2.50.